The van der Waals surface area contributed by atoms with Crippen molar-refractivity contribution < 1.29 is 0 Å². The Bertz CT molecular complexity index is 710. The van der Waals surface area contributed by atoms with Crippen LogP contribution in [0, 0.1) is 0 Å². The zero-order chi connectivity index (χ0) is 13.4. The molecule has 0 unspecified atom stereocenters. The van der Waals surface area contributed by atoms with Gasteiger partial charge in [0.25, 0.3) is 0 Å². The molecule has 6 heteroatoms. The predicted molar refractivity (Wildman–Crippen MR) is 74.6 cm³/mol. The maximum atomic E-state index is 6.00. The number of nitrogen functional groups attached to an aromatic ring is 2. The molecule has 0 saturated carbocycles. The van der Waals surface area contributed by atoms with Gasteiger partial charge < -0.3 is 11.5 Å². The number of nitrogens with zero attached hydrogens (tertiary/aromatic N) is 4. The lowest BCUT2D eigenvalue weighted by Crippen LogP contribution is -2.01. The molecule has 2 aromatic heterocycles. The zero-order valence-electron chi connectivity index (χ0n) is 10.5. The van der Waals surface area contributed by atoms with Crippen LogP contribution in [0.15, 0.2) is 42.6 Å². The van der Waals surface area contributed by atoms with Crippen LogP contribution in [0.2, 0.25) is 0 Å². The highest BCUT2D eigenvalue weighted by molar-refractivity contribution is 5.72. The molecule has 0 bridgehead atoms. The molecular weight excluding hydrogens is 240 g/mol. The molecule has 19 heavy (non-hydrogen) atoms. The Balaban J connectivity index is 2.10. The Kier molecular flexibility index (Phi) is 2.49. The van der Waals surface area contributed by atoms with Gasteiger partial charge in [0.05, 0.1) is 17.4 Å². The van der Waals surface area contributed by atoms with Crippen molar-refractivity contribution in [3.8, 4) is 16.9 Å². The van der Waals surface area contributed by atoms with Gasteiger partial charge in [0, 0.05) is 13.1 Å². The summed E-state index contributed by atoms with van der Waals surface area (Å²) in [5.41, 5.74) is 14.4. The molecule has 0 amide bonds. The first-order valence-electron chi connectivity index (χ1n) is 5.85. The molecule has 0 radical (unpaired) electrons. The first-order valence-corrected chi connectivity index (χ1v) is 5.85. The normalized spacial score (nSPS) is 10.8. The van der Waals surface area contributed by atoms with Gasteiger partial charge in [-0.05, 0) is 12.1 Å². The van der Waals surface area contributed by atoms with E-state index in [-0.39, 0.29) is 0 Å². The number of benzene rings is 1. The third-order valence-corrected chi connectivity index (χ3v) is 3.00. The average Bonchev–Trinajstić information content (AvgIpc) is 2.95. The summed E-state index contributed by atoms with van der Waals surface area (Å²) in [5, 5.41) is 8.59. The maximum absolute atomic E-state index is 6.00. The van der Waals surface area contributed by atoms with Gasteiger partial charge in [0.1, 0.15) is 17.3 Å². The van der Waals surface area contributed by atoms with Crippen LogP contribution >= 0.6 is 0 Å². The molecule has 0 aliphatic heterocycles. The fourth-order valence-electron chi connectivity index (χ4n) is 1.95. The summed E-state index contributed by atoms with van der Waals surface area (Å²) in [5.74, 6) is 1.13. The van der Waals surface area contributed by atoms with Gasteiger partial charge in [-0.1, -0.05) is 18.2 Å². The van der Waals surface area contributed by atoms with Crippen LogP contribution in [0.1, 0.15) is 0 Å². The smallest absolute Gasteiger partial charge is 0.130 e. The molecule has 1 aromatic carbocycles. The molecule has 0 fully saturated rings. The molecule has 0 atom stereocenters. The summed E-state index contributed by atoms with van der Waals surface area (Å²) in [7, 11) is 1.79. The molecule has 0 spiro atoms. The average molecular weight is 254 g/mol. The lowest BCUT2D eigenvalue weighted by atomic mass is 10.2. The van der Waals surface area contributed by atoms with E-state index < -0.39 is 0 Å². The van der Waals surface area contributed by atoms with Crippen LogP contribution in [-0.4, -0.2) is 19.6 Å². The third kappa shape index (κ3) is 1.83. The van der Waals surface area contributed by atoms with Gasteiger partial charge in [0.15, 0.2) is 0 Å². The molecule has 2 heterocycles. The maximum Gasteiger partial charge on any atom is 0.130 e. The Morgan fingerprint density at radius 1 is 1.11 bits per heavy atom. The van der Waals surface area contributed by atoms with Gasteiger partial charge in [-0.2, -0.15) is 10.2 Å². The second kappa shape index (κ2) is 4.16. The van der Waals surface area contributed by atoms with Crippen molar-refractivity contribution in [1.82, 2.24) is 19.6 Å². The molecule has 96 valence electrons. The van der Waals surface area contributed by atoms with E-state index in [0.717, 1.165) is 11.3 Å². The van der Waals surface area contributed by atoms with Gasteiger partial charge >= 0.3 is 0 Å². The van der Waals surface area contributed by atoms with E-state index in [1.54, 1.807) is 28.7 Å². The highest BCUT2D eigenvalue weighted by atomic mass is 15.3. The molecule has 4 N–H and O–H groups in total. The predicted octanol–water partition coefficient (Wildman–Crippen LogP) is 1.44. The number of nitrogens with two attached hydrogens (primary N) is 2. The van der Waals surface area contributed by atoms with Gasteiger partial charge in [-0.15, -0.1) is 0 Å². The van der Waals surface area contributed by atoms with Crippen molar-refractivity contribution in [3.63, 3.8) is 0 Å². The molecule has 0 aliphatic rings. The van der Waals surface area contributed by atoms with Crippen LogP contribution in [0.3, 0.4) is 0 Å². The minimum atomic E-state index is 0.560. The van der Waals surface area contributed by atoms with E-state index in [2.05, 4.69) is 10.2 Å². The number of aryl methyl sites for hydroxylation is 1. The Hall–Kier alpha value is -2.76. The molecule has 3 rings (SSSR count). The topological polar surface area (TPSA) is 87.7 Å². The quantitative estimate of drug-likeness (QED) is 0.724. The fourth-order valence-corrected chi connectivity index (χ4v) is 1.95. The van der Waals surface area contributed by atoms with Crippen LogP contribution in [-0.2, 0) is 7.05 Å². The van der Waals surface area contributed by atoms with E-state index in [1.807, 2.05) is 30.3 Å². The van der Waals surface area contributed by atoms with Gasteiger partial charge in [-0.3, -0.25) is 4.68 Å². The van der Waals surface area contributed by atoms with Crippen LogP contribution in [0.4, 0.5) is 11.6 Å². The minimum Gasteiger partial charge on any atom is -0.384 e. The Labute approximate surface area is 110 Å². The molecule has 0 saturated heterocycles. The van der Waals surface area contributed by atoms with Gasteiger partial charge in [0.2, 0.25) is 0 Å². The summed E-state index contributed by atoms with van der Waals surface area (Å²) in [4.78, 5) is 0. The van der Waals surface area contributed by atoms with Crippen molar-refractivity contribution in [1.29, 1.82) is 0 Å². The van der Waals surface area contributed by atoms with Crippen molar-refractivity contribution in [3.05, 3.63) is 42.6 Å². The highest BCUT2D eigenvalue weighted by Crippen LogP contribution is 2.26. The molecule has 6 nitrogen and oxygen atoms in total. The van der Waals surface area contributed by atoms with E-state index in [9.17, 15) is 0 Å². The van der Waals surface area contributed by atoms with Crippen molar-refractivity contribution in [2.24, 2.45) is 7.05 Å². The van der Waals surface area contributed by atoms with E-state index in [4.69, 9.17) is 11.5 Å². The Morgan fingerprint density at radius 3 is 2.47 bits per heavy atom. The lowest BCUT2D eigenvalue weighted by molar-refractivity contribution is 0.779. The van der Waals surface area contributed by atoms with E-state index in [1.165, 1.54) is 0 Å². The minimum absolute atomic E-state index is 0.560. The van der Waals surface area contributed by atoms with E-state index >= 15 is 0 Å². The third-order valence-electron chi connectivity index (χ3n) is 3.00. The largest absolute Gasteiger partial charge is 0.384 e. The van der Waals surface area contributed by atoms with Crippen LogP contribution in [0.5, 0.6) is 0 Å². The monoisotopic (exact) mass is 254 g/mol. The first-order chi connectivity index (χ1) is 9.16. The lowest BCUT2D eigenvalue weighted by Gasteiger charge is -2.02. The SMILES string of the molecule is Cn1ncc(-c2cc(N)n(-c3ccccc3)n2)c1N. The molecule has 0 aliphatic carbocycles. The number of para-hydroxylation sites is 1. The summed E-state index contributed by atoms with van der Waals surface area (Å²) in [6.07, 6.45) is 1.69. The second-order valence-electron chi connectivity index (χ2n) is 4.27. The van der Waals surface area contributed by atoms with Crippen molar-refractivity contribution >= 4 is 11.6 Å². The zero-order valence-corrected chi connectivity index (χ0v) is 10.5. The van der Waals surface area contributed by atoms with Crippen LogP contribution in [0.25, 0.3) is 16.9 Å². The highest BCUT2D eigenvalue weighted by Gasteiger charge is 2.13. The number of anilines is 2. The number of hydrogen-bond donors (Lipinski definition) is 2. The fraction of sp³-hybridized carbons (Fsp3) is 0.0769. The summed E-state index contributed by atoms with van der Waals surface area (Å²) in [6.45, 7) is 0. The summed E-state index contributed by atoms with van der Waals surface area (Å²) in [6, 6.07) is 11.5. The second-order valence-corrected chi connectivity index (χ2v) is 4.27. The first kappa shape index (κ1) is 11.3. The van der Waals surface area contributed by atoms with Crippen LogP contribution < -0.4 is 11.5 Å². The summed E-state index contributed by atoms with van der Waals surface area (Å²) >= 11 is 0. The number of rotatable bonds is 2. The van der Waals surface area contributed by atoms with Gasteiger partial charge in [-0.25, -0.2) is 4.68 Å². The van der Waals surface area contributed by atoms with E-state index in [0.29, 0.717) is 17.3 Å². The number of hydrogen-bond acceptors (Lipinski definition) is 4. The van der Waals surface area contributed by atoms with Crippen molar-refractivity contribution in [2.75, 3.05) is 11.5 Å². The summed E-state index contributed by atoms with van der Waals surface area (Å²) < 4.78 is 3.29. The Morgan fingerprint density at radius 2 is 1.84 bits per heavy atom. The van der Waals surface area contributed by atoms with Crippen molar-refractivity contribution in [2.45, 2.75) is 0 Å². The molecular formula is C13H14N6. The standard InChI is InChI=1S/C13H14N6/c1-18-13(15)10(8-16-18)11-7-12(14)19(17-11)9-5-3-2-4-6-9/h2-8H,14-15H2,1H3. The number of aromatic nitrogens is 4. The molecule has 3 aromatic rings.